The van der Waals surface area contributed by atoms with Crippen molar-refractivity contribution in [2.75, 3.05) is 44.7 Å². The molecule has 0 bridgehead atoms. The first kappa shape index (κ1) is 19.6. The standard InChI is InChI=1S/C24H27N5O2/c1-31-19-8-9-20-22(18-19)28-12-4-6-21(28)24(30)29(20)13-5-11-26-14-16-27(17-15-26)23-7-2-3-10-25-23/h2-4,6-10,12,18H,5,11,13-17H2,1H3. The van der Waals surface area contributed by atoms with E-state index in [2.05, 4.69) is 20.9 Å². The quantitative estimate of drug-likeness (QED) is 0.483. The summed E-state index contributed by atoms with van der Waals surface area (Å²) in [5.74, 6) is 1.84. The van der Waals surface area contributed by atoms with Crippen molar-refractivity contribution < 1.29 is 4.74 Å². The minimum Gasteiger partial charge on any atom is -0.497 e. The Labute approximate surface area is 181 Å². The SMILES string of the molecule is COc1ccc2c(c1)n1cccc1c(=O)n2CCCN1CCN(c2ccccn2)CC1. The van der Waals surface area contributed by atoms with Gasteiger partial charge in [0.1, 0.15) is 17.1 Å². The lowest BCUT2D eigenvalue weighted by atomic mass is 10.2. The van der Waals surface area contributed by atoms with Crippen molar-refractivity contribution in [2.24, 2.45) is 0 Å². The number of benzene rings is 1. The van der Waals surface area contributed by atoms with Crippen LogP contribution in [-0.4, -0.2) is 58.7 Å². The topological polar surface area (TPSA) is 55.0 Å². The first-order chi connectivity index (χ1) is 15.2. The summed E-state index contributed by atoms with van der Waals surface area (Å²) in [7, 11) is 1.66. The second-order valence-electron chi connectivity index (χ2n) is 7.95. The van der Waals surface area contributed by atoms with Crippen LogP contribution in [0.5, 0.6) is 5.75 Å². The molecule has 7 heteroatoms. The molecule has 1 aromatic carbocycles. The summed E-state index contributed by atoms with van der Waals surface area (Å²) in [5, 5.41) is 0. The molecule has 1 saturated heterocycles. The fourth-order valence-corrected chi connectivity index (χ4v) is 4.48. The highest BCUT2D eigenvalue weighted by Gasteiger charge is 2.18. The maximum atomic E-state index is 13.1. The Morgan fingerprint density at radius 3 is 2.58 bits per heavy atom. The normalized spacial score (nSPS) is 15.1. The lowest BCUT2D eigenvalue weighted by Gasteiger charge is -2.35. The van der Waals surface area contributed by atoms with Gasteiger partial charge in [0.25, 0.3) is 5.56 Å². The summed E-state index contributed by atoms with van der Waals surface area (Å²) in [5.41, 5.74) is 2.68. The Balaban J connectivity index is 1.29. The van der Waals surface area contributed by atoms with Crippen LogP contribution >= 0.6 is 0 Å². The van der Waals surface area contributed by atoms with Crippen molar-refractivity contribution in [3.63, 3.8) is 0 Å². The van der Waals surface area contributed by atoms with Crippen LogP contribution in [0.2, 0.25) is 0 Å². The van der Waals surface area contributed by atoms with Gasteiger partial charge in [-0.05, 0) is 49.4 Å². The number of piperazine rings is 1. The minimum atomic E-state index is 0.0580. The van der Waals surface area contributed by atoms with Crippen LogP contribution in [0.1, 0.15) is 6.42 Å². The van der Waals surface area contributed by atoms with Crippen LogP contribution in [-0.2, 0) is 6.54 Å². The average molecular weight is 418 g/mol. The molecule has 1 aliphatic heterocycles. The van der Waals surface area contributed by atoms with Crippen molar-refractivity contribution in [3.05, 3.63) is 71.3 Å². The monoisotopic (exact) mass is 417 g/mol. The molecule has 1 aliphatic rings. The Morgan fingerprint density at radius 2 is 1.81 bits per heavy atom. The maximum Gasteiger partial charge on any atom is 0.275 e. The van der Waals surface area contributed by atoms with E-state index in [9.17, 15) is 4.79 Å². The largest absolute Gasteiger partial charge is 0.497 e. The van der Waals surface area contributed by atoms with Gasteiger partial charge in [0.05, 0.1) is 18.1 Å². The fourth-order valence-electron chi connectivity index (χ4n) is 4.48. The summed E-state index contributed by atoms with van der Waals surface area (Å²) in [6.07, 6.45) is 4.71. The number of ether oxygens (including phenoxy) is 1. The Morgan fingerprint density at radius 1 is 0.935 bits per heavy atom. The van der Waals surface area contributed by atoms with Gasteiger partial charge in [-0.1, -0.05) is 6.07 Å². The molecule has 4 heterocycles. The van der Waals surface area contributed by atoms with Gasteiger partial charge in [-0.2, -0.15) is 0 Å². The maximum absolute atomic E-state index is 13.1. The number of nitrogens with zero attached hydrogens (tertiary/aromatic N) is 5. The molecule has 0 saturated carbocycles. The molecule has 4 aromatic rings. The molecule has 0 N–H and O–H groups in total. The van der Waals surface area contributed by atoms with Crippen molar-refractivity contribution in [1.29, 1.82) is 0 Å². The number of aryl methyl sites for hydroxylation is 1. The first-order valence-electron chi connectivity index (χ1n) is 10.8. The van der Waals surface area contributed by atoms with E-state index in [1.165, 1.54) is 0 Å². The number of pyridine rings is 1. The van der Waals surface area contributed by atoms with Gasteiger partial charge in [0.15, 0.2) is 0 Å². The molecule has 31 heavy (non-hydrogen) atoms. The van der Waals surface area contributed by atoms with E-state index in [0.717, 1.165) is 61.7 Å². The van der Waals surface area contributed by atoms with Gasteiger partial charge in [-0.25, -0.2) is 4.98 Å². The summed E-state index contributed by atoms with van der Waals surface area (Å²) >= 11 is 0. The molecule has 5 rings (SSSR count). The highest BCUT2D eigenvalue weighted by Crippen LogP contribution is 2.21. The predicted molar refractivity (Wildman–Crippen MR) is 123 cm³/mol. The Bertz CT molecular complexity index is 1240. The van der Waals surface area contributed by atoms with Crippen molar-refractivity contribution in [1.82, 2.24) is 18.9 Å². The van der Waals surface area contributed by atoms with E-state index in [1.807, 2.05) is 63.8 Å². The smallest absolute Gasteiger partial charge is 0.275 e. The lowest BCUT2D eigenvalue weighted by molar-refractivity contribution is 0.250. The number of hydrogen-bond donors (Lipinski definition) is 0. The third-order valence-electron chi connectivity index (χ3n) is 6.15. The predicted octanol–water partition coefficient (Wildman–Crippen LogP) is 2.87. The zero-order valence-electron chi connectivity index (χ0n) is 17.8. The van der Waals surface area contributed by atoms with Gasteiger partial charge in [0.2, 0.25) is 0 Å². The summed E-state index contributed by atoms with van der Waals surface area (Å²) < 4.78 is 9.27. The zero-order chi connectivity index (χ0) is 21.2. The van der Waals surface area contributed by atoms with Gasteiger partial charge in [-0.15, -0.1) is 0 Å². The molecule has 0 unspecified atom stereocenters. The number of aromatic nitrogens is 3. The molecule has 3 aromatic heterocycles. The molecule has 1 fully saturated rings. The van der Waals surface area contributed by atoms with E-state index >= 15 is 0 Å². The molecule has 0 amide bonds. The molecule has 0 atom stereocenters. The third kappa shape index (κ3) is 3.77. The van der Waals surface area contributed by atoms with E-state index in [-0.39, 0.29) is 5.56 Å². The number of anilines is 1. The molecular weight excluding hydrogens is 390 g/mol. The Hall–Kier alpha value is -3.32. The van der Waals surface area contributed by atoms with Gasteiger partial charge < -0.3 is 18.6 Å². The number of methoxy groups -OCH3 is 1. The van der Waals surface area contributed by atoms with Crippen LogP contribution in [0.3, 0.4) is 0 Å². The highest BCUT2D eigenvalue weighted by atomic mass is 16.5. The van der Waals surface area contributed by atoms with E-state index in [4.69, 9.17) is 4.74 Å². The molecule has 0 spiro atoms. The van der Waals surface area contributed by atoms with Crippen LogP contribution in [0.25, 0.3) is 16.6 Å². The first-order valence-corrected chi connectivity index (χ1v) is 10.8. The van der Waals surface area contributed by atoms with Crippen LogP contribution < -0.4 is 15.2 Å². The summed E-state index contributed by atoms with van der Waals surface area (Å²) in [6, 6.07) is 15.8. The minimum absolute atomic E-state index is 0.0580. The van der Waals surface area contributed by atoms with Gasteiger partial charge in [-0.3, -0.25) is 9.69 Å². The van der Waals surface area contributed by atoms with Crippen LogP contribution in [0, 0.1) is 0 Å². The van der Waals surface area contributed by atoms with Crippen molar-refractivity contribution in [3.8, 4) is 5.75 Å². The van der Waals surface area contributed by atoms with Gasteiger partial charge in [0, 0.05) is 51.2 Å². The molecule has 160 valence electrons. The summed E-state index contributed by atoms with van der Waals surface area (Å²) in [6.45, 7) is 5.67. The number of fused-ring (bicyclic) bond motifs is 3. The van der Waals surface area contributed by atoms with Crippen LogP contribution in [0.15, 0.2) is 65.7 Å². The molecular formula is C24H27N5O2. The van der Waals surface area contributed by atoms with Crippen molar-refractivity contribution in [2.45, 2.75) is 13.0 Å². The molecule has 0 aliphatic carbocycles. The average Bonchev–Trinajstić information content (AvgIpc) is 3.32. The van der Waals surface area contributed by atoms with Crippen molar-refractivity contribution >= 4 is 22.4 Å². The molecule has 0 radical (unpaired) electrons. The van der Waals surface area contributed by atoms with E-state index in [1.54, 1.807) is 7.11 Å². The van der Waals surface area contributed by atoms with E-state index in [0.29, 0.717) is 12.1 Å². The lowest BCUT2D eigenvalue weighted by Crippen LogP contribution is -2.47. The number of rotatable bonds is 6. The van der Waals surface area contributed by atoms with Crippen LogP contribution in [0.4, 0.5) is 5.82 Å². The fraction of sp³-hybridized carbons (Fsp3) is 0.333. The summed E-state index contributed by atoms with van der Waals surface area (Å²) in [4.78, 5) is 22.4. The second kappa shape index (κ2) is 8.43. The highest BCUT2D eigenvalue weighted by molar-refractivity contribution is 5.80. The zero-order valence-corrected chi connectivity index (χ0v) is 17.8. The number of hydrogen-bond acceptors (Lipinski definition) is 5. The van der Waals surface area contributed by atoms with Gasteiger partial charge >= 0.3 is 0 Å². The Kier molecular flexibility index (Phi) is 5.34. The van der Waals surface area contributed by atoms with E-state index < -0.39 is 0 Å². The third-order valence-corrected chi connectivity index (χ3v) is 6.15. The molecule has 7 nitrogen and oxygen atoms in total. The second-order valence-corrected chi connectivity index (χ2v) is 7.95.